The Morgan fingerprint density at radius 2 is 2.15 bits per heavy atom. The maximum Gasteiger partial charge on any atom is 0.264 e. The zero-order chi connectivity index (χ0) is 20.6. The lowest BCUT2D eigenvalue weighted by Gasteiger charge is -2.29. The van der Waals surface area contributed by atoms with Crippen molar-refractivity contribution in [2.45, 2.75) is 18.8 Å². The molecule has 6 nitrogen and oxygen atoms in total. The summed E-state index contributed by atoms with van der Waals surface area (Å²) >= 11 is 0. The second-order valence-corrected chi connectivity index (χ2v) is 4.16. The molecule has 2 aliphatic rings. The van der Waals surface area contributed by atoms with E-state index < -0.39 is 77.1 Å². The summed E-state index contributed by atoms with van der Waals surface area (Å²) in [5.41, 5.74) is 3.36. The minimum Gasteiger partial charge on any atom is -0.398 e. The summed E-state index contributed by atoms with van der Waals surface area (Å²) in [6, 6.07) is -4.31. The van der Waals surface area contributed by atoms with Gasteiger partial charge in [0, 0.05) is 16.9 Å². The molecule has 1 unspecified atom stereocenters. The topological polar surface area (TPSA) is 92.5 Å². The van der Waals surface area contributed by atoms with Crippen LogP contribution in [-0.2, 0) is 4.79 Å². The van der Waals surface area contributed by atoms with Gasteiger partial charge < -0.3 is 11.1 Å². The Kier molecular flexibility index (Phi) is 1.40. The third-order valence-corrected chi connectivity index (χ3v) is 2.91. The van der Waals surface area contributed by atoms with E-state index in [9.17, 15) is 14.4 Å². The van der Waals surface area contributed by atoms with E-state index in [4.69, 9.17) is 15.3 Å². The number of nitrogens with two attached hydrogens (primary N) is 1. The van der Waals surface area contributed by atoms with Gasteiger partial charge in [0.2, 0.25) is 5.91 Å². The average Bonchev–Trinajstić information content (AvgIpc) is 2.81. The SMILES string of the molecule is [2H]c1c([2H])c(N)c2c(c1[2H])C(=O)N(C1C(=O)NC(=C)C([2H])([2H])C1([2H])[2H])C2=O. The van der Waals surface area contributed by atoms with Crippen molar-refractivity contribution in [2.24, 2.45) is 0 Å². The van der Waals surface area contributed by atoms with Gasteiger partial charge in [-0.2, -0.15) is 0 Å². The first-order valence-corrected chi connectivity index (χ1v) is 5.54. The van der Waals surface area contributed by atoms with Gasteiger partial charge in [0.15, 0.2) is 0 Å². The molecule has 102 valence electrons. The van der Waals surface area contributed by atoms with Crippen LogP contribution < -0.4 is 11.1 Å². The maximum absolute atomic E-state index is 12.8. The number of carbonyl (C=O) groups is 3. The lowest BCUT2D eigenvalue weighted by molar-refractivity contribution is -0.125. The number of benzene rings is 1. The number of nitrogens with zero attached hydrogens (tertiary/aromatic N) is 1. The van der Waals surface area contributed by atoms with Crippen LogP contribution in [0.5, 0.6) is 0 Å². The minimum absolute atomic E-state index is 0.192. The zero-order valence-corrected chi connectivity index (χ0v) is 10.0. The van der Waals surface area contributed by atoms with Gasteiger partial charge in [-0.15, -0.1) is 0 Å². The van der Waals surface area contributed by atoms with E-state index in [1.807, 2.05) is 5.32 Å². The highest BCUT2D eigenvalue weighted by molar-refractivity contribution is 6.25. The first-order chi connectivity index (χ1) is 12.3. The second kappa shape index (κ2) is 4.19. The molecule has 2 aliphatic heterocycles. The fraction of sp³-hybridized carbons (Fsp3) is 0.214. The molecule has 1 fully saturated rings. The van der Waals surface area contributed by atoms with Crippen LogP contribution in [0.4, 0.5) is 5.69 Å². The molecule has 0 aromatic heterocycles. The highest BCUT2D eigenvalue weighted by Gasteiger charge is 2.44. The van der Waals surface area contributed by atoms with Crippen LogP contribution in [0.1, 0.15) is 43.1 Å². The van der Waals surface area contributed by atoms with E-state index in [1.165, 1.54) is 0 Å². The van der Waals surface area contributed by atoms with Crippen molar-refractivity contribution in [1.29, 1.82) is 0 Å². The van der Waals surface area contributed by atoms with E-state index in [0.717, 1.165) is 0 Å². The van der Waals surface area contributed by atoms with Crippen molar-refractivity contribution < 1.29 is 24.0 Å². The predicted octanol–water partition coefficient (Wildman–Crippen LogP) is 0.657. The van der Waals surface area contributed by atoms with Gasteiger partial charge in [-0.1, -0.05) is 12.6 Å². The molecule has 0 saturated carbocycles. The van der Waals surface area contributed by atoms with E-state index in [-0.39, 0.29) is 4.90 Å². The third-order valence-electron chi connectivity index (χ3n) is 2.91. The predicted molar refractivity (Wildman–Crippen MR) is 71.7 cm³/mol. The van der Waals surface area contributed by atoms with E-state index in [1.54, 1.807) is 0 Å². The fourth-order valence-electron chi connectivity index (χ4n) is 2.02. The number of imide groups is 1. The summed E-state index contributed by atoms with van der Waals surface area (Å²) in [6.07, 6.45) is -5.85. The van der Waals surface area contributed by atoms with Gasteiger partial charge >= 0.3 is 0 Å². The Bertz CT molecular complexity index is 913. The van der Waals surface area contributed by atoms with E-state index >= 15 is 0 Å². The lowest BCUT2D eigenvalue weighted by Crippen LogP contribution is -2.51. The van der Waals surface area contributed by atoms with Crippen LogP contribution >= 0.6 is 0 Å². The first-order valence-electron chi connectivity index (χ1n) is 9.04. The molecule has 1 atom stereocenters. The molecule has 20 heavy (non-hydrogen) atoms. The molecule has 0 aliphatic carbocycles. The summed E-state index contributed by atoms with van der Waals surface area (Å²) in [6.45, 7) is 3.27. The summed E-state index contributed by atoms with van der Waals surface area (Å²) in [4.78, 5) is 38.1. The van der Waals surface area contributed by atoms with Crippen LogP contribution in [0, 0.1) is 0 Å². The number of piperidine rings is 1. The van der Waals surface area contributed by atoms with Gasteiger partial charge in [-0.25, -0.2) is 0 Å². The summed E-state index contributed by atoms with van der Waals surface area (Å²) in [5.74, 6) is -3.66. The van der Waals surface area contributed by atoms with Crippen LogP contribution in [0.15, 0.2) is 30.4 Å². The number of hydrogen-bond donors (Lipinski definition) is 2. The van der Waals surface area contributed by atoms with Crippen LogP contribution in [-0.4, -0.2) is 28.7 Å². The standard InChI is InChI=1S/C14H13N3O3/c1-7-5-6-10(12(18)16-7)17-13(19)8-3-2-4-9(15)11(8)14(17)20/h2-4,10H,1,5-6,15H2,(H,16,18)/i2D,3D,4D,5D2,6D2. The number of hydrogen-bond acceptors (Lipinski definition) is 4. The normalized spacial score (nSPS) is 32.1. The summed E-state index contributed by atoms with van der Waals surface area (Å²) in [5, 5.41) is 2.03. The number of nitrogens with one attached hydrogen (secondary N) is 1. The van der Waals surface area contributed by atoms with Crippen molar-refractivity contribution >= 4 is 23.4 Å². The molecular weight excluding hydrogens is 258 g/mol. The largest absolute Gasteiger partial charge is 0.398 e. The zero-order valence-electron chi connectivity index (χ0n) is 17.0. The van der Waals surface area contributed by atoms with Gasteiger partial charge in [0.1, 0.15) is 6.04 Å². The summed E-state index contributed by atoms with van der Waals surface area (Å²) in [7, 11) is 0. The molecule has 6 heteroatoms. The Morgan fingerprint density at radius 3 is 2.90 bits per heavy atom. The van der Waals surface area contributed by atoms with Crippen LogP contribution in [0.2, 0.25) is 0 Å². The third kappa shape index (κ3) is 1.61. The lowest BCUT2D eigenvalue weighted by atomic mass is 10.0. The Balaban J connectivity index is 2.23. The number of carbonyl (C=O) groups excluding carboxylic acids is 3. The fourth-order valence-corrected chi connectivity index (χ4v) is 2.02. The van der Waals surface area contributed by atoms with Gasteiger partial charge in [-0.05, 0) is 24.8 Å². The highest BCUT2D eigenvalue weighted by Crippen LogP contribution is 2.31. The molecule has 3 N–H and O–H groups in total. The number of rotatable bonds is 1. The molecule has 0 spiro atoms. The van der Waals surface area contributed by atoms with Crippen molar-refractivity contribution in [2.75, 3.05) is 5.73 Å². The van der Waals surface area contributed by atoms with Gasteiger partial charge in [-0.3, -0.25) is 19.3 Å². The molecule has 0 radical (unpaired) electrons. The number of allylic oxidation sites excluding steroid dienone is 1. The van der Waals surface area contributed by atoms with Crippen LogP contribution in [0.3, 0.4) is 0 Å². The number of anilines is 1. The first kappa shape index (κ1) is 6.69. The summed E-state index contributed by atoms with van der Waals surface area (Å²) < 4.78 is 55.1. The molecule has 1 aromatic carbocycles. The smallest absolute Gasteiger partial charge is 0.264 e. The molecule has 3 amide bonds. The monoisotopic (exact) mass is 278 g/mol. The van der Waals surface area contributed by atoms with Crippen molar-refractivity contribution in [3.05, 3.63) is 41.5 Å². The Hall–Kier alpha value is -2.63. The van der Waals surface area contributed by atoms with E-state index in [2.05, 4.69) is 6.58 Å². The number of amides is 3. The number of fused-ring (bicyclic) bond motifs is 1. The molecule has 2 heterocycles. The van der Waals surface area contributed by atoms with Crippen LogP contribution in [0.25, 0.3) is 0 Å². The quantitative estimate of drug-likeness (QED) is 0.583. The van der Waals surface area contributed by atoms with Crippen molar-refractivity contribution in [3.63, 3.8) is 0 Å². The molecule has 0 bridgehead atoms. The van der Waals surface area contributed by atoms with Crippen molar-refractivity contribution in [3.8, 4) is 0 Å². The molecule has 1 aromatic rings. The molecule has 1 saturated heterocycles. The highest BCUT2D eigenvalue weighted by atomic mass is 16.2. The Morgan fingerprint density at radius 1 is 1.40 bits per heavy atom. The Labute approximate surface area is 125 Å². The average molecular weight is 278 g/mol. The second-order valence-electron chi connectivity index (χ2n) is 4.16. The maximum atomic E-state index is 12.8. The van der Waals surface area contributed by atoms with Crippen molar-refractivity contribution in [1.82, 2.24) is 10.2 Å². The molecular formula is C14H13N3O3. The van der Waals surface area contributed by atoms with E-state index in [0.29, 0.717) is 0 Å². The number of nitrogen functional groups attached to an aromatic ring is 1. The molecule has 3 rings (SSSR count). The van der Waals surface area contributed by atoms with Gasteiger partial charge in [0.25, 0.3) is 11.8 Å². The minimum atomic E-state index is -3.04. The van der Waals surface area contributed by atoms with Gasteiger partial charge in [0.05, 0.1) is 15.2 Å².